The van der Waals surface area contributed by atoms with Gasteiger partial charge in [0.25, 0.3) is 0 Å². The van der Waals surface area contributed by atoms with E-state index in [1.54, 1.807) is 0 Å². The van der Waals surface area contributed by atoms with E-state index in [1.807, 2.05) is 0 Å². The van der Waals surface area contributed by atoms with Crippen molar-refractivity contribution in [3.05, 3.63) is 69.8 Å². The van der Waals surface area contributed by atoms with Crippen molar-refractivity contribution in [3.63, 3.8) is 0 Å². The fourth-order valence-electron chi connectivity index (χ4n) is 2.79. The Morgan fingerprint density at radius 2 is 1.09 bits per heavy atom. The Morgan fingerprint density at radius 3 is 1.36 bits per heavy atom. The van der Waals surface area contributed by atoms with Crippen LogP contribution in [0.1, 0.15) is 60.1 Å². The number of hydrogen-bond donors (Lipinski definition) is 0. The second-order valence-corrected chi connectivity index (χ2v) is 6.35. The van der Waals surface area contributed by atoms with Crippen LogP contribution >= 0.6 is 0 Å². The summed E-state index contributed by atoms with van der Waals surface area (Å²) in [7, 11) is 0. The van der Waals surface area contributed by atoms with Crippen molar-refractivity contribution in [2.24, 2.45) is 0 Å². The second kappa shape index (κ2) is 7.93. The van der Waals surface area contributed by atoms with E-state index in [9.17, 15) is 4.79 Å². The van der Waals surface area contributed by atoms with Gasteiger partial charge in [-0.25, -0.2) is 0 Å². The van der Waals surface area contributed by atoms with Crippen molar-refractivity contribution in [2.45, 2.75) is 54.4 Å². The Balaban J connectivity index is 0.000000541. The predicted molar refractivity (Wildman–Crippen MR) is 95.7 cm³/mol. The molecule has 2 rings (SSSR count). The number of carbonyl (C=O) groups excluding carboxylic acids is 1. The quantitative estimate of drug-likeness (QED) is 0.698. The first-order chi connectivity index (χ1) is 10.2. The van der Waals surface area contributed by atoms with Crippen LogP contribution in [0.2, 0.25) is 0 Å². The standard InChI is InChI=1S/C18H22.C3H6O/c1-12-6-8-17(14(3)10-12)16(5)18-9-7-13(2)11-15(18)4;1-3(2)4/h6-11,16H,1-5H3;1-2H3. The monoisotopic (exact) mass is 296 g/mol. The van der Waals surface area contributed by atoms with E-state index in [0.29, 0.717) is 5.92 Å². The van der Waals surface area contributed by atoms with Gasteiger partial charge in [-0.05, 0) is 63.8 Å². The molecule has 0 amide bonds. The number of hydrogen-bond acceptors (Lipinski definition) is 1. The number of aryl methyl sites for hydroxylation is 4. The van der Waals surface area contributed by atoms with Crippen LogP contribution in [-0.4, -0.2) is 5.78 Å². The van der Waals surface area contributed by atoms with Gasteiger partial charge < -0.3 is 4.79 Å². The molecule has 0 spiro atoms. The highest BCUT2D eigenvalue weighted by molar-refractivity contribution is 5.72. The summed E-state index contributed by atoms with van der Waals surface area (Å²) in [4.78, 5) is 9.44. The SMILES string of the molecule is CC(C)=O.Cc1ccc(C(C)c2ccc(C)cc2C)c(C)c1. The van der Waals surface area contributed by atoms with Crippen molar-refractivity contribution < 1.29 is 4.79 Å². The van der Waals surface area contributed by atoms with Crippen LogP contribution in [-0.2, 0) is 4.79 Å². The molecule has 0 saturated carbocycles. The van der Waals surface area contributed by atoms with Crippen LogP contribution in [0.4, 0.5) is 0 Å². The highest BCUT2D eigenvalue weighted by atomic mass is 16.1. The average Bonchev–Trinajstić information content (AvgIpc) is 2.37. The van der Waals surface area contributed by atoms with Crippen LogP contribution < -0.4 is 0 Å². The third-order valence-corrected chi connectivity index (χ3v) is 3.78. The molecule has 1 heteroatoms. The maximum atomic E-state index is 9.44. The fraction of sp³-hybridized carbons (Fsp3) is 0.381. The van der Waals surface area contributed by atoms with Crippen molar-refractivity contribution in [3.8, 4) is 0 Å². The molecule has 0 aromatic heterocycles. The first-order valence-electron chi connectivity index (χ1n) is 7.83. The lowest BCUT2D eigenvalue weighted by atomic mass is 9.86. The number of ketones is 1. The van der Waals surface area contributed by atoms with E-state index in [-0.39, 0.29) is 5.78 Å². The van der Waals surface area contributed by atoms with Crippen LogP contribution in [0, 0.1) is 27.7 Å². The summed E-state index contributed by atoms with van der Waals surface area (Å²) in [5, 5.41) is 0. The van der Waals surface area contributed by atoms with Crippen LogP contribution in [0.15, 0.2) is 36.4 Å². The molecule has 0 radical (unpaired) electrons. The smallest absolute Gasteiger partial charge is 0.126 e. The fourth-order valence-corrected chi connectivity index (χ4v) is 2.79. The molecule has 0 bridgehead atoms. The number of benzene rings is 2. The molecule has 2 aromatic carbocycles. The Kier molecular flexibility index (Phi) is 6.55. The van der Waals surface area contributed by atoms with E-state index in [2.05, 4.69) is 71.0 Å². The first kappa shape index (κ1) is 18.2. The molecule has 1 nitrogen and oxygen atoms in total. The van der Waals surface area contributed by atoms with Gasteiger partial charge in [-0.2, -0.15) is 0 Å². The molecule has 0 saturated heterocycles. The van der Waals surface area contributed by atoms with Crippen molar-refractivity contribution in [2.75, 3.05) is 0 Å². The van der Waals surface area contributed by atoms with Gasteiger partial charge in [-0.3, -0.25) is 0 Å². The molecular formula is C21H28O. The Morgan fingerprint density at radius 1 is 0.773 bits per heavy atom. The molecule has 0 atom stereocenters. The van der Waals surface area contributed by atoms with Gasteiger partial charge in [0.1, 0.15) is 5.78 Å². The van der Waals surface area contributed by atoms with Crippen LogP contribution in [0.25, 0.3) is 0 Å². The molecule has 0 aliphatic carbocycles. The van der Waals surface area contributed by atoms with E-state index >= 15 is 0 Å². The zero-order valence-corrected chi connectivity index (χ0v) is 14.9. The summed E-state index contributed by atoms with van der Waals surface area (Å²) in [6.07, 6.45) is 0. The molecule has 2 aromatic rings. The van der Waals surface area contributed by atoms with Gasteiger partial charge in [0.05, 0.1) is 0 Å². The summed E-state index contributed by atoms with van der Waals surface area (Å²) < 4.78 is 0. The van der Waals surface area contributed by atoms with Crippen LogP contribution in [0.3, 0.4) is 0 Å². The summed E-state index contributed by atoms with van der Waals surface area (Å²) in [6.45, 7) is 14.1. The van der Waals surface area contributed by atoms with E-state index < -0.39 is 0 Å². The molecule has 22 heavy (non-hydrogen) atoms. The first-order valence-corrected chi connectivity index (χ1v) is 7.83. The van der Waals surface area contributed by atoms with Gasteiger partial charge in [0.15, 0.2) is 0 Å². The molecule has 0 N–H and O–H groups in total. The third-order valence-electron chi connectivity index (χ3n) is 3.78. The van der Waals surface area contributed by atoms with Crippen molar-refractivity contribution in [1.29, 1.82) is 0 Å². The van der Waals surface area contributed by atoms with Gasteiger partial charge in [-0.1, -0.05) is 54.4 Å². The summed E-state index contributed by atoms with van der Waals surface area (Å²) >= 11 is 0. The Hall–Kier alpha value is -1.89. The highest BCUT2D eigenvalue weighted by Gasteiger charge is 2.13. The lowest BCUT2D eigenvalue weighted by molar-refractivity contribution is -0.114. The molecule has 0 aliphatic rings. The Bertz CT molecular complexity index is 597. The number of carbonyl (C=O) groups is 1. The van der Waals surface area contributed by atoms with E-state index in [1.165, 1.54) is 47.2 Å². The topological polar surface area (TPSA) is 17.1 Å². The highest BCUT2D eigenvalue weighted by Crippen LogP contribution is 2.29. The maximum absolute atomic E-state index is 9.44. The lowest BCUT2D eigenvalue weighted by Gasteiger charge is -2.18. The van der Waals surface area contributed by atoms with E-state index in [4.69, 9.17) is 0 Å². The zero-order valence-electron chi connectivity index (χ0n) is 14.9. The maximum Gasteiger partial charge on any atom is 0.126 e. The summed E-state index contributed by atoms with van der Waals surface area (Å²) in [6, 6.07) is 13.5. The van der Waals surface area contributed by atoms with Crippen molar-refractivity contribution >= 4 is 5.78 Å². The van der Waals surface area contributed by atoms with Crippen LogP contribution in [0.5, 0.6) is 0 Å². The second-order valence-electron chi connectivity index (χ2n) is 6.35. The minimum Gasteiger partial charge on any atom is -0.300 e. The number of rotatable bonds is 2. The molecule has 0 aliphatic heterocycles. The van der Waals surface area contributed by atoms with Crippen molar-refractivity contribution in [1.82, 2.24) is 0 Å². The summed E-state index contributed by atoms with van der Waals surface area (Å²) in [5.41, 5.74) is 8.33. The van der Waals surface area contributed by atoms with Gasteiger partial charge in [0, 0.05) is 5.92 Å². The lowest BCUT2D eigenvalue weighted by Crippen LogP contribution is -2.01. The van der Waals surface area contributed by atoms with Gasteiger partial charge in [0.2, 0.25) is 0 Å². The van der Waals surface area contributed by atoms with Gasteiger partial charge >= 0.3 is 0 Å². The molecule has 0 fully saturated rings. The number of Topliss-reactive ketones (excluding diaryl/α,β-unsaturated/α-hetero) is 1. The largest absolute Gasteiger partial charge is 0.300 e. The minimum absolute atomic E-state index is 0.167. The Labute approximate surface area is 135 Å². The summed E-state index contributed by atoms with van der Waals surface area (Å²) in [5.74, 6) is 0.631. The predicted octanol–water partition coefficient (Wildman–Crippen LogP) is 5.67. The molecule has 0 unspecified atom stereocenters. The average molecular weight is 296 g/mol. The molecule has 118 valence electrons. The normalized spacial score (nSPS) is 10.2. The minimum atomic E-state index is 0.167. The van der Waals surface area contributed by atoms with E-state index in [0.717, 1.165) is 0 Å². The molecule has 0 heterocycles. The zero-order chi connectivity index (χ0) is 16.9. The van der Waals surface area contributed by atoms with Gasteiger partial charge in [-0.15, -0.1) is 0 Å². The third kappa shape index (κ3) is 5.14. The molecular weight excluding hydrogens is 268 g/mol.